The number of nitrogens with two attached hydrogens (primary N) is 1. The third-order valence-electron chi connectivity index (χ3n) is 1.95. The van der Waals surface area contributed by atoms with E-state index >= 15 is 0 Å². The Morgan fingerprint density at radius 2 is 2.29 bits per heavy atom. The molecule has 0 saturated heterocycles. The second-order valence-corrected chi connectivity index (χ2v) is 3.11. The van der Waals surface area contributed by atoms with Gasteiger partial charge in [-0.25, -0.2) is 10.2 Å². The molecule has 1 aromatic carbocycles. The number of nitrogens with zero attached hydrogens (tertiary/aromatic N) is 1. The number of nitro groups is 1. The van der Waals surface area contributed by atoms with E-state index < -0.39 is 34.2 Å². The van der Waals surface area contributed by atoms with Crippen molar-refractivity contribution in [3.8, 4) is 5.75 Å². The van der Waals surface area contributed by atoms with E-state index in [-0.39, 0.29) is 0 Å². The molecule has 0 fully saturated rings. The molecule has 0 heterocycles. The Morgan fingerprint density at radius 1 is 1.65 bits per heavy atom. The molecule has 0 aliphatic heterocycles. The number of benzene rings is 1. The number of hydrogen-bond donors (Lipinski definition) is 2. The van der Waals surface area contributed by atoms with Crippen LogP contribution < -0.4 is 16.0 Å². The van der Waals surface area contributed by atoms with Crippen LogP contribution >= 0.6 is 0 Å². The Bertz CT molecular complexity index is 452. The number of nitrogens with one attached hydrogen (secondary N) is 1. The first-order chi connectivity index (χ1) is 7.97. The molecule has 0 aliphatic rings. The highest BCUT2D eigenvalue weighted by Crippen LogP contribution is 2.30. The average molecular weight is 243 g/mol. The fourth-order valence-corrected chi connectivity index (χ4v) is 1.11. The standard InChI is InChI=1S/C9H10FN3O4/c1-5(9(14)12-11)17-8-6(10)3-2-4-7(8)13(15)16/h2-5H,11H2,1H3,(H,12,14). The van der Waals surface area contributed by atoms with Crippen molar-refractivity contribution < 1.29 is 18.8 Å². The summed E-state index contributed by atoms with van der Waals surface area (Å²) < 4.78 is 18.2. The molecule has 0 bridgehead atoms. The Morgan fingerprint density at radius 3 is 2.82 bits per heavy atom. The number of carbonyl (C=O) groups excluding carboxylic acids is 1. The van der Waals surface area contributed by atoms with Gasteiger partial charge in [0.05, 0.1) is 4.92 Å². The van der Waals surface area contributed by atoms with Gasteiger partial charge in [-0.2, -0.15) is 0 Å². The van der Waals surface area contributed by atoms with Crippen LogP contribution in [0.25, 0.3) is 0 Å². The first-order valence-electron chi connectivity index (χ1n) is 4.57. The zero-order valence-electron chi connectivity index (χ0n) is 8.84. The molecule has 1 atom stereocenters. The van der Waals surface area contributed by atoms with Crippen molar-refractivity contribution in [3.63, 3.8) is 0 Å². The maximum Gasteiger partial charge on any atom is 0.314 e. The molecule has 0 spiro atoms. The van der Waals surface area contributed by atoms with Crippen LogP contribution in [0.4, 0.5) is 10.1 Å². The SMILES string of the molecule is CC(Oc1c(F)cccc1[N+](=O)[O-])C(=O)NN. The maximum atomic E-state index is 13.3. The lowest BCUT2D eigenvalue weighted by Crippen LogP contribution is -2.40. The summed E-state index contributed by atoms with van der Waals surface area (Å²) in [6, 6.07) is 3.24. The van der Waals surface area contributed by atoms with Crippen LogP contribution in [0.15, 0.2) is 18.2 Å². The summed E-state index contributed by atoms with van der Waals surface area (Å²) in [6.45, 7) is 1.29. The van der Waals surface area contributed by atoms with Crippen LogP contribution in [0.2, 0.25) is 0 Å². The van der Waals surface area contributed by atoms with Gasteiger partial charge in [0.15, 0.2) is 11.9 Å². The van der Waals surface area contributed by atoms with Gasteiger partial charge in [0.1, 0.15) is 0 Å². The quantitative estimate of drug-likeness (QED) is 0.346. The fraction of sp³-hybridized carbons (Fsp3) is 0.222. The van der Waals surface area contributed by atoms with Crippen molar-refractivity contribution in [1.82, 2.24) is 5.43 Å². The van der Waals surface area contributed by atoms with Gasteiger partial charge in [0.2, 0.25) is 5.75 Å². The zero-order valence-corrected chi connectivity index (χ0v) is 8.84. The minimum absolute atomic E-state index is 0.554. The zero-order chi connectivity index (χ0) is 13.0. The molecule has 0 aliphatic carbocycles. The second kappa shape index (κ2) is 5.21. The van der Waals surface area contributed by atoms with Crippen molar-refractivity contribution >= 4 is 11.6 Å². The first-order valence-corrected chi connectivity index (χ1v) is 4.57. The molecule has 1 rings (SSSR count). The molecule has 17 heavy (non-hydrogen) atoms. The van der Waals surface area contributed by atoms with E-state index in [0.29, 0.717) is 0 Å². The lowest BCUT2D eigenvalue weighted by molar-refractivity contribution is -0.386. The molecule has 3 N–H and O–H groups in total. The van der Waals surface area contributed by atoms with Gasteiger partial charge in [0.25, 0.3) is 5.91 Å². The average Bonchev–Trinajstić information content (AvgIpc) is 2.30. The van der Waals surface area contributed by atoms with Gasteiger partial charge in [-0.3, -0.25) is 20.3 Å². The number of hydrogen-bond acceptors (Lipinski definition) is 5. The molecule has 0 aromatic heterocycles. The largest absolute Gasteiger partial charge is 0.472 e. The van der Waals surface area contributed by atoms with Gasteiger partial charge < -0.3 is 4.74 Å². The summed E-state index contributed by atoms with van der Waals surface area (Å²) in [7, 11) is 0. The van der Waals surface area contributed by atoms with Crippen LogP contribution in [0.5, 0.6) is 5.75 Å². The lowest BCUT2D eigenvalue weighted by atomic mass is 10.2. The lowest BCUT2D eigenvalue weighted by Gasteiger charge is -2.13. The van der Waals surface area contributed by atoms with E-state index in [4.69, 9.17) is 10.6 Å². The van der Waals surface area contributed by atoms with Crippen molar-refractivity contribution in [2.45, 2.75) is 13.0 Å². The highest BCUT2D eigenvalue weighted by Gasteiger charge is 2.23. The molecule has 0 saturated carbocycles. The molecule has 1 aromatic rings. The van der Waals surface area contributed by atoms with Crippen molar-refractivity contribution in [2.75, 3.05) is 0 Å². The van der Waals surface area contributed by atoms with Crippen LogP contribution in [0, 0.1) is 15.9 Å². The number of ether oxygens (including phenoxy) is 1. The Balaban J connectivity index is 3.05. The summed E-state index contributed by atoms with van der Waals surface area (Å²) in [5, 5.41) is 10.6. The minimum atomic E-state index is -1.14. The van der Waals surface area contributed by atoms with E-state index in [0.717, 1.165) is 12.1 Å². The van der Waals surface area contributed by atoms with Gasteiger partial charge in [-0.15, -0.1) is 0 Å². The van der Waals surface area contributed by atoms with E-state index in [2.05, 4.69) is 0 Å². The third kappa shape index (κ3) is 2.88. The van der Waals surface area contributed by atoms with Crippen LogP contribution in [-0.4, -0.2) is 16.9 Å². The molecule has 92 valence electrons. The molecular weight excluding hydrogens is 233 g/mol. The summed E-state index contributed by atoms with van der Waals surface area (Å²) >= 11 is 0. The molecule has 7 nitrogen and oxygen atoms in total. The number of nitro benzene ring substituents is 1. The summed E-state index contributed by atoms with van der Waals surface area (Å²) in [5.41, 5.74) is 1.24. The van der Waals surface area contributed by atoms with Gasteiger partial charge in [-0.05, 0) is 13.0 Å². The highest BCUT2D eigenvalue weighted by atomic mass is 19.1. The Kier molecular flexibility index (Phi) is 3.94. The van der Waals surface area contributed by atoms with Crippen molar-refractivity contribution in [2.24, 2.45) is 5.84 Å². The summed E-state index contributed by atoms with van der Waals surface area (Å²) in [6.07, 6.45) is -1.14. The number of hydrazine groups is 1. The van der Waals surface area contributed by atoms with Gasteiger partial charge in [0, 0.05) is 6.07 Å². The Labute approximate surface area is 95.5 Å². The number of halogens is 1. The van der Waals surface area contributed by atoms with E-state index in [9.17, 15) is 19.3 Å². The van der Waals surface area contributed by atoms with Crippen molar-refractivity contribution in [3.05, 3.63) is 34.1 Å². The predicted molar refractivity (Wildman–Crippen MR) is 55.5 cm³/mol. The Hall–Kier alpha value is -2.22. The molecule has 0 radical (unpaired) electrons. The third-order valence-corrected chi connectivity index (χ3v) is 1.95. The predicted octanol–water partition coefficient (Wildman–Crippen LogP) is 0.491. The van der Waals surface area contributed by atoms with Crippen LogP contribution in [0.3, 0.4) is 0 Å². The molecule has 1 amide bonds. The number of rotatable bonds is 4. The smallest absolute Gasteiger partial charge is 0.314 e. The number of amides is 1. The second-order valence-electron chi connectivity index (χ2n) is 3.11. The van der Waals surface area contributed by atoms with Crippen LogP contribution in [0.1, 0.15) is 6.92 Å². The maximum absolute atomic E-state index is 13.3. The normalized spacial score (nSPS) is 11.7. The fourth-order valence-electron chi connectivity index (χ4n) is 1.11. The van der Waals surface area contributed by atoms with E-state index in [1.54, 1.807) is 5.43 Å². The monoisotopic (exact) mass is 243 g/mol. The molecular formula is C9H10FN3O4. The first kappa shape index (κ1) is 12.8. The topological polar surface area (TPSA) is 107 Å². The number of carbonyl (C=O) groups is 1. The highest BCUT2D eigenvalue weighted by molar-refractivity contribution is 5.80. The van der Waals surface area contributed by atoms with Gasteiger partial charge >= 0.3 is 5.69 Å². The molecule has 1 unspecified atom stereocenters. The van der Waals surface area contributed by atoms with Crippen LogP contribution in [-0.2, 0) is 4.79 Å². The van der Waals surface area contributed by atoms with E-state index in [1.165, 1.54) is 13.0 Å². The minimum Gasteiger partial charge on any atom is -0.472 e. The summed E-state index contributed by atoms with van der Waals surface area (Å²) in [4.78, 5) is 20.9. The van der Waals surface area contributed by atoms with Gasteiger partial charge in [-0.1, -0.05) is 6.07 Å². The number of para-hydroxylation sites is 1. The van der Waals surface area contributed by atoms with E-state index in [1.807, 2.05) is 0 Å². The molecule has 8 heteroatoms. The van der Waals surface area contributed by atoms with Crippen molar-refractivity contribution in [1.29, 1.82) is 0 Å². The summed E-state index contributed by atoms with van der Waals surface area (Å²) in [5.74, 6) is 2.63.